The highest BCUT2D eigenvalue weighted by atomic mass is 32.2. The molecule has 0 bridgehead atoms. The highest BCUT2D eigenvalue weighted by Crippen LogP contribution is 2.25. The third-order valence-electron chi connectivity index (χ3n) is 5.17. The zero-order valence-corrected chi connectivity index (χ0v) is 19.5. The van der Waals surface area contributed by atoms with Crippen molar-refractivity contribution in [1.82, 2.24) is 9.88 Å². The van der Waals surface area contributed by atoms with Crippen LogP contribution in [0.2, 0.25) is 0 Å². The van der Waals surface area contributed by atoms with Gasteiger partial charge in [-0.15, -0.1) is 15.7 Å². The van der Waals surface area contributed by atoms with E-state index in [1.807, 2.05) is 48.5 Å². The van der Waals surface area contributed by atoms with Gasteiger partial charge in [0.1, 0.15) is 10.8 Å². The molecule has 0 radical (unpaired) electrons. The van der Waals surface area contributed by atoms with E-state index in [9.17, 15) is 13.2 Å². The number of nitrogens with zero attached hydrogens (tertiary/aromatic N) is 3. The average molecular weight is 469 g/mol. The van der Waals surface area contributed by atoms with Crippen LogP contribution in [-0.2, 0) is 21.2 Å². The second-order valence-electron chi connectivity index (χ2n) is 7.77. The summed E-state index contributed by atoms with van der Waals surface area (Å²) in [5.41, 5.74) is 3.27. The van der Waals surface area contributed by atoms with Crippen LogP contribution in [-0.4, -0.2) is 43.6 Å². The van der Waals surface area contributed by atoms with Crippen LogP contribution in [0, 0.1) is 6.92 Å². The number of thiazole rings is 1. The molecule has 1 amide bonds. The van der Waals surface area contributed by atoms with Gasteiger partial charge in [0, 0.05) is 36.6 Å². The van der Waals surface area contributed by atoms with Gasteiger partial charge in [-0.2, -0.15) is 8.42 Å². The van der Waals surface area contributed by atoms with Crippen molar-refractivity contribution in [2.24, 2.45) is 4.40 Å². The van der Waals surface area contributed by atoms with Crippen molar-refractivity contribution < 1.29 is 13.2 Å². The summed E-state index contributed by atoms with van der Waals surface area (Å²) in [6, 6.07) is 14.2. The molecule has 0 aliphatic carbocycles. The predicted molar refractivity (Wildman–Crippen MR) is 128 cm³/mol. The van der Waals surface area contributed by atoms with Crippen molar-refractivity contribution >= 4 is 38.8 Å². The van der Waals surface area contributed by atoms with E-state index in [0.29, 0.717) is 23.6 Å². The standard InChI is InChI=1S/C23H24N4O3S2/c1-16-8-10-17(11-9-16)23-25-19(15-31-23)14-22(28)24-18-5-3-6-20(13-18)32(29,30)26-21-7-4-12-27(21)2/h3,5-6,8-11,13,15H,4,7,12,14H2,1-2H3,(H,24,28)/b26-21+. The predicted octanol–water partition coefficient (Wildman–Crippen LogP) is 4.11. The monoisotopic (exact) mass is 468 g/mol. The number of aryl methyl sites for hydroxylation is 1. The molecule has 32 heavy (non-hydrogen) atoms. The Bertz CT molecular complexity index is 1260. The first-order valence-electron chi connectivity index (χ1n) is 10.3. The number of likely N-dealkylation sites (tertiary alicyclic amines) is 1. The first-order chi connectivity index (χ1) is 15.3. The quantitative estimate of drug-likeness (QED) is 0.588. The van der Waals surface area contributed by atoms with Gasteiger partial charge in [0.15, 0.2) is 0 Å². The molecule has 1 aromatic heterocycles. The molecule has 166 valence electrons. The molecule has 4 rings (SSSR count). The molecular weight excluding hydrogens is 444 g/mol. The minimum atomic E-state index is -3.84. The van der Waals surface area contributed by atoms with Gasteiger partial charge in [0.25, 0.3) is 10.0 Å². The Morgan fingerprint density at radius 2 is 2.00 bits per heavy atom. The van der Waals surface area contributed by atoms with Crippen LogP contribution >= 0.6 is 11.3 Å². The van der Waals surface area contributed by atoms with Gasteiger partial charge < -0.3 is 10.2 Å². The van der Waals surface area contributed by atoms with Crippen LogP contribution < -0.4 is 5.32 Å². The second-order valence-corrected chi connectivity index (χ2v) is 10.2. The van der Waals surface area contributed by atoms with Gasteiger partial charge in [0.05, 0.1) is 17.0 Å². The van der Waals surface area contributed by atoms with E-state index in [2.05, 4.69) is 14.7 Å². The zero-order chi connectivity index (χ0) is 22.7. The third kappa shape index (κ3) is 5.23. The molecule has 1 N–H and O–H groups in total. The molecule has 9 heteroatoms. The van der Waals surface area contributed by atoms with Crippen LogP contribution in [0.15, 0.2) is 63.2 Å². The Morgan fingerprint density at radius 1 is 1.22 bits per heavy atom. The highest BCUT2D eigenvalue weighted by Gasteiger charge is 2.20. The lowest BCUT2D eigenvalue weighted by Crippen LogP contribution is -2.20. The van der Waals surface area contributed by atoms with Crippen molar-refractivity contribution in [2.45, 2.75) is 31.1 Å². The van der Waals surface area contributed by atoms with Crippen LogP contribution in [0.5, 0.6) is 0 Å². The molecule has 0 saturated carbocycles. The lowest BCUT2D eigenvalue weighted by atomic mass is 10.2. The minimum Gasteiger partial charge on any atom is -0.362 e. The third-order valence-corrected chi connectivity index (χ3v) is 7.41. The number of sulfonamides is 1. The average Bonchev–Trinajstić information content (AvgIpc) is 3.37. The Morgan fingerprint density at radius 3 is 2.72 bits per heavy atom. The van der Waals surface area contributed by atoms with Crippen LogP contribution in [0.1, 0.15) is 24.1 Å². The largest absolute Gasteiger partial charge is 0.362 e. The maximum atomic E-state index is 12.7. The lowest BCUT2D eigenvalue weighted by molar-refractivity contribution is -0.115. The number of amidine groups is 1. The van der Waals surface area contributed by atoms with E-state index in [-0.39, 0.29) is 17.2 Å². The van der Waals surface area contributed by atoms with Crippen molar-refractivity contribution in [3.05, 3.63) is 65.2 Å². The van der Waals surface area contributed by atoms with Gasteiger partial charge >= 0.3 is 0 Å². The number of hydrogen-bond acceptors (Lipinski definition) is 5. The summed E-state index contributed by atoms with van der Waals surface area (Å²) in [6.07, 6.45) is 1.64. The number of hydrogen-bond donors (Lipinski definition) is 1. The molecule has 1 aliphatic heterocycles. The van der Waals surface area contributed by atoms with E-state index in [0.717, 1.165) is 23.5 Å². The molecule has 2 heterocycles. The zero-order valence-electron chi connectivity index (χ0n) is 17.9. The SMILES string of the molecule is Cc1ccc(-c2nc(CC(=O)Nc3cccc(S(=O)(=O)/N=C4\CCCN4C)c3)cs2)cc1. The molecule has 0 atom stereocenters. The topological polar surface area (TPSA) is 91.7 Å². The molecule has 1 aliphatic rings. The number of carbonyl (C=O) groups excluding carboxylic acids is 1. The number of benzene rings is 2. The van der Waals surface area contributed by atoms with Crippen LogP contribution in [0.25, 0.3) is 10.6 Å². The Kier molecular flexibility index (Phi) is 6.38. The Labute approximate surface area is 191 Å². The molecular formula is C23H24N4O3S2. The van der Waals surface area contributed by atoms with E-state index in [1.165, 1.54) is 29.0 Å². The fraction of sp³-hybridized carbons (Fsp3) is 0.261. The molecule has 7 nitrogen and oxygen atoms in total. The minimum absolute atomic E-state index is 0.0541. The van der Waals surface area contributed by atoms with Gasteiger partial charge in [-0.3, -0.25) is 4.79 Å². The second kappa shape index (κ2) is 9.22. The van der Waals surface area contributed by atoms with E-state index in [1.54, 1.807) is 12.1 Å². The van der Waals surface area contributed by atoms with Crippen LogP contribution in [0.3, 0.4) is 0 Å². The number of aromatic nitrogens is 1. The summed E-state index contributed by atoms with van der Waals surface area (Å²) in [4.78, 5) is 19.0. The summed E-state index contributed by atoms with van der Waals surface area (Å²) in [7, 11) is -2.01. The lowest BCUT2D eigenvalue weighted by Gasteiger charge is -2.11. The fourth-order valence-electron chi connectivity index (χ4n) is 3.42. The molecule has 3 aromatic rings. The van der Waals surface area contributed by atoms with Gasteiger partial charge in [-0.05, 0) is 31.5 Å². The fourth-order valence-corrected chi connectivity index (χ4v) is 5.39. The Balaban J connectivity index is 1.44. The van der Waals surface area contributed by atoms with Gasteiger partial charge in [0.2, 0.25) is 5.91 Å². The number of nitrogens with one attached hydrogen (secondary N) is 1. The Hall–Kier alpha value is -3.04. The van der Waals surface area contributed by atoms with E-state index in [4.69, 9.17) is 0 Å². The van der Waals surface area contributed by atoms with Crippen LogP contribution in [0.4, 0.5) is 5.69 Å². The normalized spacial score (nSPS) is 15.3. The highest BCUT2D eigenvalue weighted by molar-refractivity contribution is 7.90. The summed E-state index contributed by atoms with van der Waals surface area (Å²) < 4.78 is 29.3. The number of rotatable bonds is 6. The van der Waals surface area contributed by atoms with Gasteiger partial charge in [-0.1, -0.05) is 35.9 Å². The maximum absolute atomic E-state index is 12.7. The van der Waals surface area contributed by atoms with E-state index >= 15 is 0 Å². The van der Waals surface area contributed by atoms with Crippen molar-refractivity contribution in [3.8, 4) is 10.6 Å². The summed E-state index contributed by atoms with van der Waals surface area (Å²) in [5, 5.41) is 5.49. The van der Waals surface area contributed by atoms with Crippen molar-refractivity contribution in [1.29, 1.82) is 0 Å². The first-order valence-corrected chi connectivity index (χ1v) is 12.6. The summed E-state index contributed by atoms with van der Waals surface area (Å²) in [5.74, 6) is 0.300. The summed E-state index contributed by atoms with van der Waals surface area (Å²) >= 11 is 1.49. The van der Waals surface area contributed by atoms with E-state index < -0.39 is 10.0 Å². The molecule has 0 unspecified atom stereocenters. The van der Waals surface area contributed by atoms with Crippen molar-refractivity contribution in [2.75, 3.05) is 18.9 Å². The smallest absolute Gasteiger partial charge is 0.284 e. The molecule has 1 fully saturated rings. The number of carbonyl (C=O) groups is 1. The molecule has 2 aromatic carbocycles. The number of anilines is 1. The summed E-state index contributed by atoms with van der Waals surface area (Å²) in [6.45, 7) is 2.83. The van der Waals surface area contributed by atoms with Gasteiger partial charge in [-0.25, -0.2) is 4.98 Å². The maximum Gasteiger partial charge on any atom is 0.284 e. The molecule has 1 saturated heterocycles. The first kappa shape index (κ1) is 22.2. The number of amides is 1. The molecule has 0 spiro atoms. The van der Waals surface area contributed by atoms with Crippen molar-refractivity contribution in [3.63, 3.8) is 0 Å².